The number of carbonyl (C=O) groups excluding carboxylic acids is 1. The summed E-state index contributed by atoms with van der Waals surface area (Å²) in [6.45, 7) is 2.43. The van der Waals surface area contributed by atoms with Crippen molar-refractivity contribution < 1.29 is 118 Å². The average Bonchev–Trinajstić information content (AvgIpc) is 2.36. The van der Waals surface area contributed by atoms with E-state index in [-0.39, 0.29) is 12.8 Å². The molecule has 0 aromatic carbocycles. The Labute approximate surface area is 529 Å². The second kappa shape index (κ2) is 46.3. The van der Waals surface area contributed by atoms with Gasteiger partial charge in [-0.2, -0.15) is 0 Å². The second-order valence-corrected chi connectivity index (χ2v) is 28.3. The summed E-state index contributed by atoms with van der Waals surface area (Å²) in [4.78, 5) is 35.0. The Morgan fingerprint density at radius 1 is 0.404 bits per heavy atom. The minimum Gasteiger partial charge on any atom is -0.391 e. The number of hydrogen-bond donors (Lipinski definition) is 16. The molecule has 0 spiro atoms. The van der Waals surface area contributed by atoms with Crippen molar-refractivity contribution in [3.63, 3.8) is 0 Å². The van der Waals surface area contributed by atoms with Crippen LogP contribution in [0.1, 0.15) is 258 Å². The van der Waals surface area contributed by atoms with Gasteiger partial charge in [0.25, 0.3) is 0 Å². The van der Waals surface area contributed by atoms with Gasteiger partial charge in [0, 0.05) is 6.42 Å². The molecule has 16 N–H and O–H groups in total. The van der Waals surface area contributed by atoms with E-state index in [1.165, 1.54) is 161 Å². The Balaban J connectivity index is 1.56. The zero-order valence-electron chi connectivity index (χ0n) is 53.5. The van der Waals surface area contributed by atoms with Crippen LogP contribution in [0, 0.1) is 0 Å². The summed E-state index contributed by atoms with van der Waals surface area (Å²) in [7, 11) is -11.0. The van der Waals surface area contributed by atoms with E-state index in [2.05, 4.69) is 19.2 Å². The zero-order valence-corrected chi connectivity index (χ0v) is 55.3. The quantitative estimate of drug-likeness (QED) is 0.0239. The lowest BCUT2D eigenvalue weighted by Crippen LogP contribution is -2.67. The maximum absolute atomic E-state index is 13.8. The van der Waals surface area contributed by atoms with Crippen LogP contribution < -0.4 is 5.32 Å². The van der Waals surface area contributed by atoms with E-state index < -0.39 is 151 Å². The van der Waals surface area contributed by atoms with Crippen LogP contribution in [0.15, 0.2) is 0 Å². The molecule has 2 saturated carbocycles. The molecule has 1 saturated heterocycles. The summed E-state index contributed by atoms with van der Waals surface area (Å²) in [5, 5.41) is 141. The lowest BCUT2D eigenvalue weighted by Gasteiger charge is -2.47. The Hall–Kier alpha value is -0.910. The summed E-state index contributed by atoms with van der Waals surface area (Å²) >= 11 is 0. The molecular weight excluding hydrogens is 1200 g/mol. The van der Waals surface area contributed by atoms with E-state index >= 15 is 0 Å². The number of unbranched alkanes of at least 4 members (excludes halogenated alkanes) is 34. The highest BCUT2D eigenvalue weighted by Crippen LogP contribution is 2.49. The highest BCUT2D eigenvalue weighted by Gasteiger charge is 2.56. The monoisotopic (exact) mass is 1330 g/mol. The van der Waals surface area contributed by atoms with Crippen molar-refractivity contribution in [2.75, 3.05) is 13.2 Å². The number of phosphoric ester groups is 2. The molecule has 528 valence electrons. The number of aliphatic hydroxyl groups excluding tert-OH is 13. The number of rotatable bonds is 52. The van der Waals surface area contributed by atoms with Gasteiger partial charge in [-0.3, -0.25) is 22.9 Å². The first kappa shape index (κ1) is 82.3. The van der Waals surface area contributed by atoms with E-state index in [0.29, 0.717) is 12.8 Å². The van der Waals surface area contributed by atoms with E-state index in [1.54, 1.807) is 0 Å². The van der Waals surface area contributed by atoms with Crippen LogP contribution in [-0.4, -0.2) is 211 Å². The van der Waals surface area contributed by atoms with Gasteiger partial charge in [-0.25, -0.2) is 9.13 Å². The lowest BCUT2D eigenvalue weighted by atomic mass is 9.84. The van der Waals surface area contributed by atoms with Gasteiger partial charge < -0.3 is 91.0 Å². The molecule has 25 nitrogen and oxygen atoms in total. The largest absolute Gasteiger partial charge is 0.472 e. The summed E-state index contributed by atoms with van der Waals surface area (Å²) in [6, 6.07) is -1.24. The molecule has 27 heteroatoms. The van der Waals surface area contributed by atoms with Crippen LogP contribution in [0.25, 0.3) is 0 Å². The maximum atomic E-state index is 13.8. The smallest absolute Gasteiger partial charge is 0.391 e. The predicted molar refractivity (Wildman–Crippen MR) is 332 cm³/mol. The molecule has 1 heterocycles. The minimum atomic E-state index is -5.51. The molecule has 3 aliphatic rings. The van der Waals surface area contributed by atoms with Crippen LogP contribution >= 0.6 is 15.6 Å². The average molecular weight is 1330 g/mol. The van der Waals surface area contributed by atoms with E-state index in [1.807, 2.05) is 0 Å². The summed E-state index contributed by atoms with van der Waals surface area (Å²) in [5.74, 6) is -0.435. The highest BCUT2D eigenvalue weighted by atomic mass is 31.2. The van der Waals surface area contributed by atoms with E-state index in [9.17, 15) is 90.1 Å². The van der Waals surface area contributed by atoms with Crippen LogP contribution in [0.3, 0.4) is 0 Å². The van der Waals surface area contributed by atoms with Gasteiger partial charge in [-0.1, -0.05) is 239 Å². The van der Waals surface area contributed by atoms with Crippen molar-refractivity contribution >= 4 is 21.6 Å². The standard InChI is InChI=1S/C62H121NO24P2/c1-3-5-7-9-11-13-15-17-19-20-21-22-23-24-26-28-30-32-34-36-38-40-46(65)63-43(44(64)39-37-35-33-31-29-27-25-18-16-14-12-10-8-6-4-2)41-82-88(78,79)87-61-57(76)53(72)52(71)56(75)60(61)85-62-58(77)48(67)47(66)45(84-62)42-83-89(80,81)86-59-54(73)50(69)49(68)51(70)55(59)74/h43-45,47-62,64,66-77H,3-42H2,1-2H3,(H,63,65)(H,78,79)(H,80,81)/t43-,44+,45+,47+,48-,49?,50-,51+,52+,53+,54+,55+,56-,57+,58-,59?,60+,61+,62?/m0/s1. The molecule has 2 aliphatic carbocycles. The highest BCUT2D eigenvalue weighted by molar-refractivity contribution is 7.47. The molecule has 3 rings (SSSR count). The summed E-state index contributed by atoms with van der Waals surface area (Å²) in [6.07, 6.45) is 3.72. The van der Waals surface area contributed by atoms with Crippen molar-refractivity contribution in [2.45, 2.75) is 374 Å². The fourth-order valence-corrected chi connectivity index (χ4v) is 13.9. The van der Waals surface area contributed by atoms with Crippen molar-refractivity contribution in [3.8, 4) is 0 Å². The number of hydrogen-bond acceptors (Lipinski definition) is 22. The molecule has 3 fully saturated rings. The number of amides is 1. The number of phosphoric acid groups is 2. The van der Waals surface area contributed by atoms with E-state index in [0.717, 1.165) is 57.8 Å². The molecule has 21 atom stereocenters. The van der Waals surface area contributed by atoms with Crippen molar-refractivity contribution in [1.82, 2.24) is 5.32 Å². The van der Waals surface area contributed by atoms with Gasteiger partial charge in [0.15, 0.2) is 6.29 Å². The molecule has 1 aliphatic heterocycles. The first-order chi connectivity index (χ1) is 42.5. The molecule has 5 unspecified atom stereocenters. The Morgan fingerprint density at radius 2 is 0.719 bits per heavy atom. The number of aliphatic hydroxyl groups is 13. The third kappa shape index (κ3) is 31.7. The summed E-state index contributed by atoms with van der Waals surface area (Å²) < 4.78 is 58.0. The molecule has 0 radical (unpaired) electrons. The second-order valence-electron chi connectivity index (χ2n) is 25.5. The van der Waals surface area contributed by atoms with Crippen LogP contribution in [0.4, 0.5) is 0 Å². The normalized spacial score (nSPS) is 31.3. The van der Waals surface area contributed by atoms with Crippen LogP contribution in [0.2, 0.25) is 0 Å². The van der Waals surface area contributed by atoms with Gasteiger partial charge >= 0.3 is 15.6 Å². The number of carbonyl (C=O) groups is 1. The lowest BCUT2D eigenvalue weighted by molar-refractivity contribution is -0.337. The number of nitrogens with one attached hydrogen (secondary N) is 1. The molecule has 1 amide bonds. The van der Waals surface area contributed by atoms with Crippen molar-refractivity contribution in [3.05, 3.63) is 0 Å². The molecular formula is C62H121NO24P2. The third-order valence-electron chi connectivity index (χ3n) is 17.8. The van der Waals surface area contributed by atoms with Gasteiger partial charge in [-0.15, -0.1) is 0 Å². The van der Waals surface area contributed by atoms with Gasteiger partial charge in [-0.05, 0) is 12.8 Å². The van der Waals surface area contributed by atoms with Gasteiger partial charge in [0.05, 0.1) is 25.4 Å². The first-order valence-electron chi connectivity index (χ1n) is 34.2. The van der Waals surface area contributed by atoms with Crippen LogP contribution in [-0.2, 0) is 41.5 Å². The SMILES string of the molecule is CCCCCCCCCCCCCCCCCCCCCCCC(=O)N[C@@H](COP(=O)(O)O[C@@H]1[C@H](O)[C@H](O)[C@@H](O)[C@H](O)[C@H]1OC1O[C@H](COP(=O)(O)OC2[C@H](O)[C@H](O)C(O)[C@H](O)[C@H]2O)[C@@H](O)[C@H](O)[C@@H]1O)[C@H](O)CCCCCCCCCCCCCCCCC. The molecule has 89 heavy (non-hydrogen) atoms. The fourth-order valence-electron chi connectivity index (χ4n) is 12.0. The molecule has 0 aromatic heterocycles. The Morgan fingerprint density at radius 3 is 1.12 bits per heavy atom. The minimum absolute atomic E-state index is 0.108. The maximum Gasteiger partial charge on any atom is 0.472 e. The summed E-state index contributed by atoms with van der Waals surface area (Å²) in [5.41, 5.74) is 0. The van der Waals surface area contributed by atoms with Crippen LogP contribution in [0.5, 0.6) is 0 Å². The van der Waals surface area contributed by atoms with Gasteiger partial charge in [0.2, 0.25) is 5.91 Å². The number of ether oxygens (including phenoxy) is 2. The fraction of sp³-hybridized carbons (Fsp3) is 0.984. The van der Waals surface area contributed by atoms with E-state index in [4.69, 9.17) is 27.6 Å². The van der Waals surface area contributed by atoms with Crippen molar-refractivity contribution in [1.29, 1.82) is 0 Å². The third-order valence-corrected chi connectivity index (χ3v) is 19.8. The zero-order chi connectivity index (χ0) is 65.8. The Kier molecular flexibility index (Phi) is 42.8. The first-order valence-corrected chi connectivity index (χ1v) is 37.2. The predicted octanol–water partition coefficient (Wildman–Crippen LogP) is 6.17. The van der Waals surface area contributed by atoms with Crippen molar-refractivity contribution in [2.24, 2.45) is 0 Å². The molecule has 0 aromatic rings. The van der Waals surface area contributed by atoms with Gasteiger partial charge in [0.1, 0.15) is 97.7 Å². The Bertz CT molecular complexity index is 1890. The topological polar surface area (TPSA) is 422 Å². The molecule has 0 bridgehead atoms.